The van der Waals surface area contributed by atoms with Crippen molar-refractivity contribution in [3.05, 3.63) is 13.8 Å². The first kappa shape index (κ1) is 19.9. The summed E-state index contributed by atoms with van der Waals surface area (Å²) < 4.78 is 0. The molecular weight excluding hydrogens is 289 g/mol. The summed E-state index contributed by atoms with van der Waals surface area (Å²) in [5.41, 5.74) is 0. The third kappa shape index (κ3) is 10.2. The number of hydrogen-bond acceptors (Lipinski definition) is 2. The first-order valence-corrected chi connectivity index (χ1v) is 5.96. The number of carbonyl (C=O) groups excluding carboxylic acids is 1. The minimum Gasteiger partial charge on any atom is -0.520 e. The minimum absolute atomic E-state index is 0. The van der Waals surface area contributed by atoms with E-state index in [1.54, 1.807) is 4.90 Å². The monoisotopic (exact) mass is 314 g/mol. The molecule has 0 aromatic rings. The molecule has 4 heteroatoms. The zero-order chi connectivity index (χ0) is 10.9. The molecule has 0 aromatic heterocycles. The van der Waals surface area contributed by atoms with Crippen LogP contribution in [0.2, 0.25) is 0 Å². The molecule has 0 N–H and O–H groups in total. The maximum absolute atomic E-state index is 10.0. The molecule has 0 bridgehead atoms. The Balaban J connectivity index is 0. The van der Waals surface area contributed by atoms with Gasteiger partial charge in [-0.05, 0) is 7.05 Å². The van der Waals surface area contributed by atoms with Crippen LogP contribution in [0, 0.1) is 13.8 Å². The molecule has 1 aliphatic heterocycles. The summed E-state index contributed by atoms with van der Waals surface area (Å²) in [5, 5.41) is 0. The van der Waals surface area contributed by atoms with Gasteiger partial charge >= 0.3 is 32.7 Å². The second kappa shape index (κ2) is 13.0. The number of nitrogens with zero attached hydrogens (tertiary/aromatic N) is 2. The topological polar surface area (TPSA) is 23.6 Å². The van der Waals surface area contributed by atoms with Crippen LogP contribution in [0.5, 0.6) is 0 Å². The summed E-state index contributed by atoms with van der Waals surface area (Å²) in [6.07, 6.45) is 11.4. The Labute approximate surface area is 132 Å². The molecule has 1 amide bonds. The van der Waals surface area contributed by atoms with E-state index in [9.17, 15) is 4.79 Å². The van der Waals surface area contributed by atoms with E-state index in [1.165, 1.54) is 32.1 Å². The van der Waals surface area contributed by atoms with Gasteiger partial charge in [-0.3, -0.25) is 0 Å². The van der Waals surface area contributed by atoms with Gasteiger partial charge in [-0.1, -0.05) is 19.3 Å². The molecule has 0 spiro atoms. The van der Waals surface area contributed by atoms with Crippen molar-refractivity contribution in [3.63, 3.8) is 0 Å². The van der Waals surface area contributed by atoms with Gasteiger partial charge in [-0.2, -0.15) is 19.3 Å². The van der Waals surface area contributed by atoms with Crippen molar-refractivity contribution in [2.45, 2.75) is 32.1 Å². The average Bonchev–Trinajstić information content (AvgIpc) is 2.33. The quantitative estimate of drug-likeness (QED) is 0.690. The van der Waals surface area contributed by atoms with Gasteiger partial charge in [0.2, 0.25) is 0 Å². The van der Waals surface area contributed by atoms with Crippen LogP contribution in [0.1, 0.15) is 32.1 Å². The van der Waals surface area contributed by atoms with E-state index in [2.05, 4.69) is 18.4 Å². The fourth-order valence-corrected chi connectivity index (χ4v) is 1.80. The van der Waals surface area contributed by atoms with Crippen LogP contribution < -0.4 is 0 Å². The Morgan fingerprint density at radius 1 is 1.00 bits per heavy atom. The van der Waals surface area contributed by atoms with Crippen molar-refractivity contribution in [1.29, 1.82) is 0 Å². The molecule has 1 heterocycles. The Kier molecular flexibility index (Phi) is 15.2. The first-order chi connectivity index (χ1) is 7.33. The standard InChI is InChI=1S/C6H11N2O.C6H11.CH3.Y/c1-7-2-4-8(6-9)5-3-7;1-2-4-6-5-3-1;;/h2-5H2,1H3;1H,2-6H2;1H3;/q3*-1;+3. The Hall–Kier alpha value is 0.534. The normalized spacial score (nSPS) is 20.2. The molecule has 96 valence electrons. The van der Waals surface area contributed by atoms with Crippen LogP contribution in [-0.2, 0) is 37.5 Å². The summed E-state index contributed by atoms with van der Waals surface area (Å²) in [5.74, 6) is 0. The molecule has 3 nitrogen and oxygen atoms in total. The van der Waals surface area contributed by atoms with E-state index >= 15 is 0 Å². The molecular formula is C13H25N2OY. The van der Waals surface area contributed by atoms with E-state index in [0.717, 1.165) is 26.2 Å². The molecule has 0 aromatic carbocycles. The fourth-order valence-electron chi connectivity index (χ4n) is 1.80. The molecule has 0 radical (unpaired) electrons. The van der Waals surface area contributed by atoms with Crippen molar-refractivity contribution >= 4 is 6.41 Å². The average molecular weight is 314 g/mol. The molecule has 17 heavy (non-hydrogen) atoms. The van der Waals surface area contributed by atoms with Crippen molar-refractivity contribution < 1.29 is 37.5 Å². The van der Waals surface area contributed by atoms with Crippen LogP contribution in [0.4, 0.5) is 0 Å². The molecule has 0 unspecified atom stereocenters. The van der Waals surface area contributed by atoms with Gasteiger partial charge in [0, 0.05) is 26.2 Å². The van der Waals surface area contributed by atoms with Gasteiger partial charge in [0.25, 0.3) is 0 Å². The molecule has 1 saturated carbocycles. The Morgan fingerprint density at radius 3 is 1.82 bits per heavy atom. The summed E-state index contributed by atoms with van der Waals surface area (Å²) in [6, 6.07) is 0. The van der Waals surface area contributed by atoms with E-state index < -0.39 is 0 Å². The third-order valence-corrected chi connectivity index (χ3v) is 2.95. The predicted molar refractivity (Wildman–Crippen MR) is 68.6 cm³/mol. The van der Waals surface area contributed by atoms with Crippen LogP contribution in [0.25, 0.3) is 0 Å². The third-order valence-electron chi connectivity index (χ3n) is 2.95. The summed E-state index contributed by atoms with van der Waals surface area (Å²) in [7, 11) is 2.06. The van der Waals surface area contributed by atoms with Crippen molar-refractivity contribution in [2.24, 2.45) is 0 Å². The summed E-state index contributed by atoms with van der Waals surface area (Å²) >= 11 is 0. The van der Waals surface area contributed by atoms with Gasteiger partial charge < -0.3 is 28.4 Å². The maximum atomic E-state index is 10.0. The Bertz CT molecular complexity index is 155. The SMILES string of the molecule is CN1CCN([C-]=O)CC1.[CH-]1CCCCC1.[CH3-].[Y+3]. The second-order valence-corrected chi connectivity index (χ2v) is 4.31. The van der Waals surface area contributed by atoms with Gasteiger partial charge in [0.15, 0.2) is 0 Å². The molecule has 2 rings (SSSR count). The maximum Gasteiger partial charge on any atom is 3.00 e. The number of piperazine rings is 1. The van der Waals surface area contributed by atoms with E-state index in [4.69, 9.17) is 0 Å². The Morgan fingerprint density at radius 2 is 1.53 bits per heavy atom. The molecule has 1 aliphatic carbocycles. The smallest absolute Gasteiger partial charge is 0.520 e. The van der Waals surface area contributed by atoms with Crippen LogP contribution in [-0.4, -0.2) is 49.4 Å². The minimum atomic E-state index is 0. The molecule has 0 atom stereocenters. The number of likely N-dealkylation sites (N-methyl/N-ethyl adjacent to an activating group) is 1. The fraction of sp³-hybridized carbons (Fsp3) is 0.769. The summed E-state index contributed by atoms with van der Waals surface area (Å²) in [4.78, 5) is 13.9. The molecule has 1 saturated heterocycles. The van der Waals surface area contributed by atoms with E-state index in [-0.39, 0.29) is 40.1 Å². The van der Waals surface area contributed by atoms with Crippen molar-refractivity contribution in [3.8, 4) is 0 Å². The van der Waals surface area contributed by atoms with Crippen LogP contribution in [0.15, 0.2) is 0 Å². The number of amides is 1. The molecule has 2 fully saturated rings. The first-order valence-electron chi connectivity index (χ1n) is 5.96. The van der Waals surface area contributed by atoms with Crippen LogP contribution in [0.3, 0.4) is 0 Å². The van der Waals surface area contributed by atoms with Crippen LogP contribution >= 0.6 is 0 Å². The van der Waals surface area contributed by atoms with Crippen molar-refractivity contribution in [1.82, 2.24) is 9.80 Å². The van der Waals surface area contributed by atoms with Gasteiger partial charge in [-0.15, -0.1) is 0 Å². The summed E-state index contributed by atoms with van der Waals surface area (Å²) in [6.45, 7) is 3.63. The van der Waals surface area contributed by atoms with E-state index in [0.29, 0.717) is 0 Å². The van der Waals surface area contributed by atoms with Crippen molar-refractivity contribution in [2.75, 3.05) is 33.2 Å². The van der Waals surface area contributed by atoms with Gasteiger partial charge in [0.1, 0.15) is 0 Å². The largest absolute Gasteiger partial charge is 3.00 e. The zero-order valence-corrected chi connectivity index (χ0v) is 14.2. The van der Waals surface area contributed by atoms with Gasteiger partial charge in [-0.25, -0.2) is 0 Å². The zero-order valence-electron chi connectivity index (χ0n) is 11.3. The predicted octanol–water partition coefficient (Wildman–Crippen LogP) is 1.90. The van der Waals surface area contributed by atoms with Gasteiger partial charge in [0.05, 0.1) is 0 Å². The number of hydrogen-bond donors (Lipinski definition) is 0. The van der Waals surface area contributed by atoms with E-state index in [1.807, 2.05) is 6.41 Å². The number of rotatable bonds is 1. The molecule has 2 aliphatic rings. The second-order valence-electron chi connectivity index (χ2n) is 4.31.